The zero-order chi connectivity index (χ0) is 13.5. The fourth-order valence-electron chi connectivity index (χ4n) is 1.61. The third-order valence-electron chi connectivity index (χ3n) is 2.70. The molecule has 1 aromatic rings. The van der Waals surface area contributed by atoms with E-state index in [9.17, 15) is 4.79 Å². The van der Waals surface area contributed by atoms with Gasteiger partial charge in [-0.1, -0.05) is 13.0 Å². The minimum absolute atomic E-state index is 0.0975. The van der Waals surface area contributed by atoms with Gasteiger partial charge < -0.3 is 19.9 Å². The standard InChI is InChI=1S/C13H19NO4/c1-4-9(8-15)14-13(16)12-10(17-2)6-5-7-11(12)18-3/h5-7,9,15H,4,8H2,1-3H3,(H,14,16)/t9-/m1/s1. The minimum Gasteiger partial charge on any atom is -0.496 e. The highest BCUT2D eigenvalue weighted by atomic mass is 16.5. The Kier molecular flexibility index (Phi) is 5.45. The second-order valence-electron chi connectivity index (χ2n) is 3.80. The summed E-state index contributed by atoms with van der Waals surface area (Å²) in [7, 11) is 2.99. The molecular weight excluding hydrogens is 234 g/mol. The summed E-state index contributed by atoms with van der Waals surface area (Å²) < 4.78 is 10.3. The Morgan fingerprint density at radius 3 is 2.28 bits per heavy atom. The summed E-state index contributed by atoms with van der Waals surface area (Å²) in [5.41, 5.74) is 0.342. The molecule has 1 atom stereocenters. The first-order valence-electron chi connectivity index (χ1n) is 5.80. The molecule has 0 aliphatic rings. The van der Waals surface area contributed by atoms with Crippen molar-refractivity contribution in [1.29, 1.82) is 0 Å². The maximum Gasteiger partial charge on any atom is 0.259 e. The minimum atomic E-state index is -0.315. The Morgan fingerprint density at radius 1 is 1.33 bits per heavy atom. The Hall–Kier alpha value is -1.75. The van der Waals surface area contributed by atoms with Crippen LogP contribution < -0.4 is 14.8 Å². The first-order valence-corrected chi connectivity index (χ1v) is 5.80. The predicted octanol–water partition coefficient (Wildman–Crippen LogP) is 1.20. The molecule has 0 unspecified atom stereocenters. The fraction of sp³-hybridized carbons (Fsp3) is 0.462. The summed E-state index contributed by atoms with van der Waals surface area (Å²) in [6, 6.07) is 4.86. The number of carbonyl (C=O) groups is 1. The van der Waals surface area contributed by atoms with Crippen molar-refractivity contribution in [3.63, 3.8) is 0 Å². The second kappa shape index (κ2) is 6.86. The lowest BCUT2D eigenvalue weighted by molar-refractivity contribution is 0.0908. The van der Waals surface area contributed by atoms with E-state index in [1.165, 1.54) is 14.2 Å². The van der Waals surface area contributed by atoms with Gasteiger partial charge in [-0.05, 0) is 18.6 Å². The number of aliphatic hydroxyl groups is 1. The summed E-state index contributed by atoms with van der Waals surface area (Å²) >= 11 is 0. The smallest absolute Gasteiger partial charge is 0.259 e. The van der Waals surface area contributed by atoms with Crippen LogP contribution in [0.25, 0.3) is 0 Å². The molecule has 0 saturated carbocycles. The number of methoxy groups -OCH3 is 2. The molecule has 0 saturated heterocycles. The number of hydrogen-bond donors (Lipinski definition) is 2. The van der Waals surface area contributed by atoms with Crippen LogP contribution in [0.5, 0.6) is 11.5 Å². The second-order valence-corrected chi connectivity index (χ2v) is 3.80. The van der Waals surface area contributed by atoms with Crippen molar-refractivity contribution in [2.75, 3.05) is 20.8 Å². The van der Waals surface area contributed by atoms with E-state index in [1.54, 1.807) is 18.2 Å². The van der Waals surface area contributed by atoms with Crippen LogP contribution in [0.15, 0.2) is 18.2 Å². The van der Waals surface area contributed by atoms with Gasteiger partial charge in [0, 0.05) is 0 Å². The van der Waals surface area contributed by atoms with Crippen molar-refractivity contribution in [2.24, 2.45) is 0 Å². The van der Waals surface area contributed by atoms with E-state index in [4.69, 9.17) is 14.6 Å². The summed E-state index contributed by atoms with van der Waals surface area (Å²) in [6.07, 6.45) is 0.652. The Bertz CT molecular complexity index is 380. The highest BCUT2D eigenvalue weighted by Crippen LogP contribution is 2.28. The zero-order valence-corrected chi connectivity index (χ0v) is 10.9. The number of amides is 1. The van der Waals surface area contributed by atoms with E-state index < -0.39 is 0 Å². The van der Waals surface area contributed by atoms with E-state index in [2.05, 4.69) is 5.32 Å². The molecule has 1 amide bonds. The van der Waals surface area contributed by atoms with Gasteiger partial charge in [0.1, 0.15) is 17.1 Å². The van der Waals surface area contributed by atoms with Crippen molar-refractivity contribution >= 4 is 5.91 Å². The van der Waals surface area contributed by atoms with Crippen LogP contribution in [0.3, 0.4) is 0 Å². The van der Waals surface area contributed by atoms with Crippen LogP contribution >= 0.6 is 0 Å². The molecule has 0 radical (unpaired) electrons. The van der Waals surface area contributed by atoms with E-state index in [-0.39, 0.29) is 18.6 Å². The summed E-state index contributed by atoms with van der Waals surface area (Å²) in [5.74, 6) is 0.574. The predicted molar refractivity (Wildman–Crippen MR) is 68.2 cm³/mol. The molecule has 5 heteroatoms. The quantitative estimate of drug-likeness (QED) is 0.799. The van der Waals surface area contributed by atoms with Gasteiger partial charge in [-0.15, -0.1) is 0 Å². The van der Waals surface area contributed by atoms with Gasteiger partial charge in [0.15, 0.2) is 0 Å². The molecule has 0 bridgehead atoms. The molecule has 0 aliphatic heterocycles. The topological polar surface area (TPSA) is 67.8 Å². The summed E-state index contributed by atoms with van der Waals surface area (Å²) in [6.45, 7) is 1.79. The van der Waals surface area contributed by atoms with Crippen LogP contribution in [0.1, 0.15) is 23.7 Å². The van der Waals surface area contributed by atoms with Crippen LogP contribution in [-0.2, 0) is 0 Å². The summed E-state index contributed by atoms with van der Waals surface area (Å²) in [5, 5.41) is 11.8. The van der Waals surface area contributed by atoms with Crippen LogP contribution in [-0.4, -0.2) is 37.9 Å². The number of hydrogen-bond acceptors (Lipinski definition) is 4. The number of aliphatic hydroxyl groups excluding tert-OH is 1. The van der Waals surface area contributed by atoms with E-state index in [0.717, 1.165) is 0 Å². The molecule has 0 aliphatic carbocycles. The average Bonchev–Trinajstić information content (AvgIpc) is 2.43. The van der Waals surface area contributed by atoms with Gasteiger partial charge in [0.05, 0.1) is 26.9 Å². The monoisotopic (exact) mass is 253 g/mol. The normalized spacial score (nSPS) is 11.8. The van der Waals surface area contributed by atoms with Crippen molar-refractivity contribution in [3.05, 3.63) is 23.8 Å². The van der Waals surface area contributed by atoms with Crippen LogP contribution in [0, 0.1) is 0 Å². The van der Waals surface area contributed by atoms with Gasteiger partial charge in [-0.3, -0.25) is 4.79 Å². The molecule has 18 heavy (non-hydrogen) atoms. The maximum atomic E-state index is 12.2. The Labute approximate surface area is 107 Å². The van der Waals surface area contributed by atoms with Crippen molar-refractivity contribution < 1.29 is 19.4 Å². The molecule has 2 N–H and O–H groups in total. The molecule has 0 aromatic heterocycles. The highest BCUT2D eigenvalue weighted by molar-refractivity contribution is 5.99. The molecular formula is C13H19NO4. The lowest BCUT2D eigenvalue weighted by Gasteiger charge is -2.17. The van der Waals surface area contributed by atoms with Crippen LogP contribution in [0.4, 0.5) is 0 Å². The maximum absolute atomic E-state index is 12.2. The lowest BCUT2D eigenvalue weighted by atomic mass is 10.1. The molecule has 100 valence electrons. The van der Waals surface area contributed by atoms with E-state index in [1.807, 2.05) is 6.92 Å². The molecule has 0 spiro atoms. The van der Waals surface area contributed by atoms with Gasteiger partial charge in [-0.2, -0.15) is 0 Å². The van der Waals surface area contributed by atoms with Crippen molar-refractivity contribution in [3.8, 4) is 11.5 Å². The molecule has 1 rings (SSSR count). The first-order chi connectivity index (χ1) is 8.67. The third-order valence-corrected chi connectivity index (χ3v) is 2.70. The average molecular weight is 253 g/mol. The molecule has 5 nitrogen and oxygen atoms in total. The number of rotatable bonds is 6. The lowest BCUT2D eigenvalue weighted by Crippen LogP contribution is -2.37. The molecule has 0 heterocycles. The fourth-order valence-corrected chi connectivity index (χ4v) is 1.61. The van der Waals surface area contributed by atoms with Gasteiger partial charge in [0.25, 0.3) is 5.91 Å². The zero-order valence-electron chi connectivity index (χ0n) is 10.9. The van der Waals surface area contributed by atoms with Crippen molar-refractivity contribution in [2.45, 2.75) is 19.4 Å². The number of nitrogens with one attached hydrogen (secondary N) is 1. The van der Waals surface area contributed by atoms with Crippen LogP contribution in [0.2, 0.25) is 0 Å². The van der Waals surface area contributed by atoms with Gasteiger partial charge >= 0.3 is 0 Å². The van der Waals surface area contributed by atoms with E-state index in [0.29, 0.717) is 23.5 Å². The molecule has 0 fully saturated rings. The van der Waals surface area contributed by atoms with Gasteiger partial charge in [0.2, 0.25) is 0 Å². The summed E-state index contributed by atoms with van der Waals surface area (Å²) in [4.78, 5) is 12.2. The van der Waals surface area contributed by atoms with Crippen molar-refractivity contribution in [1.82, 2.24) is 5.32 Å². The Balaban J connectivity index is 3.03. The number of carbonyl (C=O) groups excluding carboxylic acids is 1. The Morgan fingerprint density at radius 2 is 1.89 bits per heavy atom. The largest absolute Gasteiger partial charge is 0.496 e. The SMILES string of the molecule is CC[C@H](CO)NC(=O)c1c(OC)cccc1OC. The number of benzene rings is 1. The molecule has 1 aromatic carbocycles. The highest BCUT2D eigenvalue weighted by Gasteiger charge is 2.20. The van der Waals surface area contributed by atoms with Gasteiger partial charge in [-0.25, -0.2) is 0 Å². The third kappa shape index (κ3) is 3.13. The first kappa shape index (κ1) is 14.3. The van der Waals surface area contributed by atoms with E-state index >= 15 is 0 Å². The number of ether oxygens (including phenoxy) is 2.